The molecule has 0 bridgehead atoms. The molecule has 0 aliphatic carbocycles. The van der Waals surface area contributed by atoms with E-state index in [4.69, 9.17) is 0 Å². The highest BCUT2D eigenvalue weighted by Crippen LogP contribution is 2.21. The Morgan fingerprint density at radius 3 is 2.58 bits per heavy atom. The second kappa shape index (κ2) is 7.05. The number of nitrogens with zero attached hydrogens (tertiary/aromatic N) is 2. The molecule has 19 heavy (non-hydrogen) atoms. The third kappa shape index (κ3) is 4.17. The van der Waals surface area contributed by atoms with Crippen LogP contribution in [0.1, 0.15) is 40.5 Å². The Morgan fingerprint density at radius 2 is 1.95 bits per heavy atom. The minimum absolute atomic E-state index is 0.710. The summed E-state index contributed by atoms with van der Waals surface area (Å²) in [4.78, 5) is 5.35. The minimum Gasteiger partial charge on any atom is -0.311 e. The summed E-state index contributed by atoms with van der Waals surface area (Å²) in [7, 11) is 0. The highest BCUT2D eigenvalue weighted by atomic mass is 15.2. The van der Waals surface area contributed by atoms with Gasteiger partial charge in [0.05, 0.1) is 0 Å². The number of rotatable bonds is 5. The molecule has 0 radical (unpaired) electrons. The molecular formula is C16H33N3. The average Bonchev–Trinajstić information content (AvgIpc) is 2.87. The van der Waals surface area contributed by atoms with Gasteiger partial charge in [-0.1, -0.05) is 20.3 Å². The molecular weight excluding hydrogens is 234 g/mol. The van der Waals surface area contributed by atoms with Crippen molar-refractivity contribution >= 4 is 0 Å². The molecule has 2 aliphatic rings. The van der Waals surface area contributed by atoms with Crippen LogP contribution < -0.4 is 5.32 Å². The monoisotopic (exact) mass is 267 g/mol. The molecule has 0 aromatic heterocycles. The van der Waals surface area contributed by atoms with Crippen LogP contribution in [0.3, 0.4) is 0 Å². The highest BCUT2D eigenvalue weighted by Gasteiger charge is 2.28. The van der Waals surface area contributed by atoms with Gasteiger partial charge in [-0.15, -0.1) is 0 Å². The van der Waals surface area contributed by atoms with E-state index in [9.17, 15) is 0 Å². The third-order valence-electron chi connectivity index (χ3n) is 5.18. The van der Waals surface area contributed by atoms with E-state index in [1.165, 1.54) is 52.1 Å². The van der Waals surface area contributed by atoms with Crippen molar-refractivity contribution in [3.05, 3.63) is 0 Å². The predicted molar refractivity (Wildman–Crippen MR) is 82.5 cm³/mol. The molecule has 2 heterocycles. The van der Waals surface area contributed by atoms with Gasteiger partial charge in [-0.2, -0.15) is 0 Å². The maximum absolute atomic E-state index is 3.70. The molecule has 2 fully saturated rings. The lowest BCUT2D eigenvalue weighted by atomic mass is 9.96. The zero-order chi connectivity index (χ0) is 13.8. The Bertz CT molecular complexity index is 267. The van der Waals surface area contributed by atoms with Crippen molar-refractivity contribution in [2.75, 3.05) is 39.3 Å². The van der Waals surface area contributed by atoms with Crippen LogP contribution in [0.15, 0.2) is 0 Å². The average molecular weight is 267 g/mol. The Labute approximate surface area is 119 Å². The van der Waals surface area contributed by atoms with E-state index >= 15 is 0 Å². The van der Waals surface area contributed by atoms with E-state index in [1.54, 1.807) is 0 Å². The zero-order valence-electron chi connectivity index (χ0n) is 13.4. The Morgan fingerprint density at radius 1 is 1.16 bits per heavy atom. The summed E-state index contributed by atoms with van der Waals surface area (Å²) in [6, 6.07) is 1.43. The van der Waals surface area contributed by atoms with Crippen LogP contribution in [0.5, 0.6) is 0 Å². The van der Waals surface area contributed by atoms with Gasteiger partial charge < -0.3 is 15.1 Å². The summed E-state index contributed by atoms with van der Waals surface area (Å²) in [5.74, 6) is 1.71. The molecule has 2 saturated heterocycles. The predicted octanol–water partition coefficient (Wildman–Crippen LogP) is 2.04. The minimum atomic E-state index is 0.710. The van der Waals surface area contributed by atoms with Gasteiger partial charge in [0.15, 0.2) is 0 Å². The van der Waals surface area contributed by atoms with Crippen molar-refractivity contribution < 1.29 is 0 Å². The summed E-state index contributed by atoms with van der Waals surface area (Å²) in [5.41, 5.74) is 0. The SMILES string of the molecule is CCC(C)C1CN(CC2CCN(C(C)C)C2)CCN1. The highest BCUT2D eigenvalue weighted by molar-refractivity contribution is 4.85. The van der Waals surface area contributed by atoms with E-state index in [0.717, 1.165) is 17.9 Å². The molecule has 0 aromatic carbocycles. The second-order valence-electron chi connectivity index (χ2n) is 6.95. The van der Waals surface area contributed by atoms with Crippen molar-refractivity contribution in [3.63, 3.8) is 0 Å². The van der Waals surface area contributed by atoms with Crippen molar-refractivity contribution in [3.8, 4) is 0 Å². The van der Waals surface area contributed by atoms with E-state index < -0.39 is 0 Å². The van der Waals surface area contributed by atoms with Crippen molar-refractivity contribution in [1.82, 2.24) is 15.1 Å². The van der Waals surface area contributed by atoms with Crippen LogP contribution in [0.4, 0.5) is 0 Å². The first-order chi connectivity index (χ1) is 9.10. The van der Waals surface area contributed by atoms with E-state index in [0.29, 0.717) is 6.04 Å². The standard InChI is InChI=1S/C16H33N3/c1-5-14(4)16-12-18(9-7-17-16)10-15-6-8-19(11-15)13(2)3/h13-17H,5-12H2,1-4H3. The van der Waals surface area contributed by atoms with Gasteiger partial charge in [0.2, 0.25) is 0 Å². The van der Waals surface area contributed by atoms with E-state index in [1.807, 2.05) is 0 Å². The quantitative estimate of drug-likeness (QED) is 0.822. The van der Waals surface area contributed by atoms with Gasteiger partial charge in [-0.25, -0.2) is 0 Å². The maximum Gasteiger partial charge on any atom is 0.0221 e. The van der Waals surface area contributed by atoms with Gasteiger partial charge in [-0.3, -0.25) is 0 Å². The first kappa shape index (κ1) is 15.3. The fraction of sp³-hybridized carbons (Fsp3) is 1.00. The van der Waals surface area contributed by atoms with Crippen LogP contribution in [0, 0.1) is 11.8 Å². The van der Waals surface area contributed by atoms with E-state index in [-0.39, 0.29) is 0 Å². The van der Waals surface area contributed by atoms with Gasteiger partial charge in [0, 0.05) is 44.8 Å². The van der Waals surface area contributed by atoms with Crippen LogP contribution in [-0.4, -0.2) is 61.2 Å². The summed E-state index contributed by atoms with van der Waals surface area (Å²) >= 11 is 0. The normalized spacial score (nSPS) is 32.1. The molecule has 0 saturated carbocycles. The molecule has 2 aliphatic heterocycles. The van der Waals surface area contributed by atoms with Crippen molar-refractivity contribution in [2.24, 2.45) is 11.8 Å². The first-order valence-electron chi connectivity index (χ1n) is 8.30. The molecule has 3 atom stereocenters. The molecule has 112 valence electrons. The van der Waals surface area contributed by atoms with Crippen LogP contribution in [-0.2, 0) is 0 Å². The number of likely N-dealkylation sites (tertiary alicyclic amines) is 1. The Kier molecular flexibility index (Phi) is 5.67. The fourth-order valence-electron chi connectivity index (χ4n) is 3.52. The maximum atomic E-state index is 3.70. The lowest BCUT2D eigenvalue weighted by Crippen LogP contribution is -2.54. The number of hydrogen-bond acceptors (Lipinski definition) is 3. The Balaban J connectivity index is 1.77. The largest absolute Gasteiger partial charge is 0.311 e. The van der Waals surface area contributed by atoms with Crippen LogP contribution in [0.25, 0.3) is 0 Å². The number of nitrogens with one attached hydrogen (secondary N) is 1. The summed E-state index contributed by atoms with van der Waals surface area (Å²) in [6.07, 6.45) is 2.69. The van der Waals surface area contributed by atoms with Gasteiger partial charge in [0.25, 0.3) is 0 Å². The zero-order valence-corrected chi connectivity index (χ0v) is 13.4. The molecule has 0 spiro atoms. The van der Waals surface area contributed by atoms with Crippen LogP contribution in [0.2, 0.25) is 0 Å². The van der Waals surface area contributed by atoms with Crippen molar-refractivity contribution in [2.45, 2.75) is 52.6 Å². The third-order valence-corrected chi connectivity index (χ3v) is 5.18. The molecule has 3 unspecified atom stereocenters. The first-order valence-corrected chi connectivity index (χ1v) is 8.30. The number of piperazine rings is 1. The van der Waals surface area contributed by atoms with Gasteiger partial charge in [0.1, 0.15) is 0 Å². The molecule has 3 nitrogen and oxygen atoms in total. The summed E-state index contributed by atoms with van der Waals surface area (Å²) in [6.45, 7) is 17.0. The topological polar surface area (TPSA) is 18.5 Å². The second-order valence-corrected chi connectivity index (χ2v) is 6.95. The van der Waals surface area contributed by atoms with Crippen LogP contribution >= 0.6 is 0 Å². The van der Waals surface area contributed by atoms with Gasteiger partial charge in [-0.05, 0) is 38.6 Å². The van der Waals surface area contributed by atoms with E-state index in [2.05, 4.69) is 42.8 Å². The lowest BCUT2D eigenvalue weighted by Gasteiger charge is -2.37. The smallest absolute Gasteiger partial charge is 0.0221 e. The van der Waals surface area contributed by atoms with Gasteiger partial charge >= 0.3 is 0 Å². The fourth-order valence-corrected chi connectivity index (χ4v) is 3.52. The number of hydrogen-bond donors (Lipinski definition) is 1. The molecule has 3 heteroatoms. The summed E-state index contributed by atoms with van der Waals surface area (Å²) < 4.78 is 0. The lowest BCUT2D eigenvalue weighted by molar-refractivity contribution is 0.146. The molecule has 0 amide bonds. The molecule has 0 aromatic rings. The molecule has 1 N–H and O–H groups in total. The van der Waals surface area contributed by atoms with Crippen molar-refractivity contribution in [1.29, 1.82) is 0 Å². The Hall–Kier alpha value is -0.120. The summed E-state index contributed by atoms with van der Waals surface area (Å²) in [5, 5.41) is 3.70. The molecule has 2 rings (SSSR count).